The first kappa shape index (κ1) is 21.8. The SMILES string of the molecule is Cc1ccccc1CS(=O)(=O)Nc1cccc(C(=O)c2ccc(C(C)(C)C)cc2)c1. The molecule has 0 radical (unpaired) electrons. The van der Waals surface area contributed by atoms with E-state index in [9.17, 15) is 13.2 Å². The van der Waals surface area contributed by atoms with Gasteiger partial charge >= 0.3 is 0 Å². The van der Waals surface area contributed by atoms with Crippen LogP contribution in [0.4, 0.5) is 5.69 Å². The fourth-order valence-electron chi connectivity index (χ4n) is 3.20. The zero-order valence-corrected chi connectivity index (χ0v) is 18.6. The quantitative estimate of drug-likeness (QED) is 0.537. The van der Waals surface area contributed by atoms with Crippen molar-refractivity contribution in [3.63, 3.8) is 0 Å². The van der Waals surface area contributed by atoms with Crippen LogP contribution >= 0.6 is 0 Å². The Morgan fingerprint density at radius 1 is 0.867 bits per heavy atom. The summed E-state index contributed by atoms with van der Waals surface area (Å²) >= 11 is 0. The summed E-state index contributed by atoms with van der Waals surface area (Å²) in [6.07, 6.45) is 0. The van der Waals surface area contributed by atoms with Gasteiger partial charge in [0.25, 0.3) is 0 Å². The molecule has 0 aliphatic heterocycles. The van der Waals surface area contributed by atoms with Crippen LogP contribution in [-0.4, -0.2) is 14.2 Å². The van der Waals surface area contributed by atoms with Gasteiger partial charge in [0.1, 0.15) is 0 Å². The second-order valence-electron chi connectivity index (χ2n) is 8.52. The molecule has 0 fully saturated rings. The number of rotatable bonds is 6. The average molecular weight is 422 g/mol. The van der Waals surface area contributed by atoms with E-state index in [1.807, 2.05) is 49.4 Å². The Bertz CT molecular complexity index is 1160. The Labute approximate surface area is 179 Å². The number of carbonyl (C=O) groups excluding carboxylic acids is 1. The molecule has 0 amide bonds. The van der Waals surface area contributed by atoms with Crippen molar-refractivity contribution in [2.45, 2.75) is 38.9 Å². The lowest BCUT2D eigenvalue weighted by atomic mass is 9.86. The van der Waals surface area contributed by atoms with Gasteiger partial charge in [-0.2, -0.15) is 0 Å². The summed E-state index contributed by atoms with van der Waals surface area (Å²) in [7, 11) is -3.60. The zero-order chi connectivity index (χ0) is 21.9. The maximum absolute atomic E-state index is 12.9. The van der Waals surface area contributed by atoms with Gasteiger partial charge in [-0.15, -0.1) is 0 Å². The van der Waals surface area contributed by atoms with E-state index in [1.54, 1.807) is 30.3 Å². The van der Waals surface area contributed by atoms with Crippen LogP contribution in [0.25, 0.3) is 0 Å². The topological polar surface area (TPSA) is 63.2 Å². The fraction of sp³-hybridized carbons (Fsp3) is 0.240. The number of ketones is 1. The molecule has 1 N–H and O–H groups in total. The van der Waals surface area contributed by atoms with Gasteiger partial charge in [0, 0.05) is 16.8 Å². The Kier molecular flexibility index (Phi) is 6.13. The molecule has 0 spiro atoms. The maximum atomic E-state index is 12.9. The molecule has 0 bridgehead atoms. The lowest BCUT2D eigenvalue weighted by molar-refractivity contribution is 0.103. The summed E-state index contributed by atoms with van der Waals surface area (Å²) in [4.78, 5) is 12.9. The van der Waals surface area contributed by atoms with E-state index in [1.165, 1.54) is 0 Å². The van der Waals surface area contributed by atoms with Crippen molar-refractivity contribution in [3.05, 3.63) is 101 Å². The predicted octanol–water partition coefficient (Wildman–Crippen LogP) is 5.47. The Balaban J connectivity index is 1.79. The predicted molar refractivity (Wildman–Crippen MR) is 122 cm³/mol. The lowest BCUT2D eigenvalue weighted by Gasteiger charge is -2.19. The van der Waals surface area contributed by atoms with Crippen molar-refractivity contribution in [2.75, 3.05) is 4.72 Å². The monoisotopic (exact) mass is 421 g/mol. The van der Waals surface area contributed by atoms with Crippen molar-refractivity contribution >= 4 is 21.5 Å². The highest BCUT2D eigenvalue weighted by Gasteiger charge is 2.17. The molecule has 0 saturated heterocycles. The molecule has 0 aliphatic rings. The fourth-order valence-corrected chi connectivity index (χ4v) is 4.50. The van der Waals surface area contributed by atoms with Gasteiger partial charge in [0.15, 0.2) is 5.78 Å². The number of carbonyl (C=O) groups is 1. The number of benzene rings is 3. The lowest BCUT2D eigenvalue weighted by Crippen LogP contribution is -2.16. The molecule has 3 rings (SSSR count). The van der Waals surface area contributed by atoms with Crippen LogP contribution in [0.2, 0.25) is 0 Å². The van der Waals surface area contributed by atoms with Gasteiger partial charge in [0.2, 0.25) is 10.0 Å². The van der Waals surface area contributed by atoms with Gasteiger partial charge in [-0.1, -0.05) is 81.4 Å². The van der Waals surface area contributed by atoms with Crippen LogP contribution in [0.15, 0.2) is 72.8 Å². The Morgan fingerprint density at radius 2 is 1.53 bits per heavy atom. The number of nitrogens with one attached hydrogen (secondary N) is 1. The van der Waals surface area contributed by atoms with Crippen LogP contribution in [0.3, 0.4) is 0 Å². The highest BCUT2D eigenvalue weighted by Crippen LogP contribution is 2.24. The minimum Gasteiger partial charge on any atom is -0.289 e. The number of aryl methyl sites for hydroxylation is 1. The molecular formula is C25H27NO3S. The van der Waals surface area contributed by atoms with E-state index in [2.05, 4.69) is 25.5 Å². The van der Waals surface area contributed by atoms with Crippen molar-refractivity contribution in [3.8, 4) is 0 Å². The number of hydrogen-bond acceptors (Lipinski definition) is 3. The maximum Gasteiger partial charge on any atom is 0.236 e. The second-order valence-corrected chi connectivity index (χ2v) is 10.2. The highest BCUT2D eigenvalue weighted by molar-refractivity contribution is 7.91. The van der Waals surface area contributed by atoms with Crippen molar-refractivity contribution in [1.82, 2.24) is 0 Å². The van der Waals surface area contributed by atoms with Gasteiger partial charge in [-0.3, -0.25) is 9.52 Å². The van der Waals surface area contributed by atoms with Crippen LogP contribution in [0, 0.1) is 6.92 Å². The van der Waals surface area contributed by atoms with Crippen LogP contribution in [0.1, 0.15) is 53.4 Å². The molecule has 4 nitrogen and oxygen atoms in total. The van der Waals surface area contributed by atoms with Gasteiger partial charge in [-0.25, -0.2) is 8.42 Å². The molecule has 0 aromatic heterocycles. The smallest absolute Gasteiger partial charge is 0.236 e. The van der Waals surface area contributed by atoms with Gasteiger partial charge in [0.05, 0.1) is 5.75 Å². The first-order valence-corrected chi connectivity index (χ1v) is 11.5. The molecule has 156 valence electrons. The summed E-state index contributed by atoms with van der Waals surface area (Å²) in [5.74, 6) is -0.262. The van der Waals surface area contributed by atoms with E-state index in [-0.39, 0.29) is 17.0 Å². The molecule has 5 heteroatoms. The molecule has 3 aromatic rings. The zero-order valence-electron chi connectivity index (χ0n) is 17.8. The van der Waals surface area contributed by atoms with E-state index in [0.717, 1.165) is 16.7 Å². The third kappa shape index (κ3) is 5.36. The van der Waals surface area contributed by atoms with E-state index >= 15 is 0 Å². The van der Waals surface area contributed by atoms with Crippen molar-refractivity contribution in [1.29, 1.82) is 0 Å². The van der Waals surface area contributed by atoms with E-state index < -0.39 is 10.0 Å². The highest BCUT2D eigenvalue weighted by atomic mass is 32.2. The van der Waals surface area contributed by atoms with Gasteiger partial charge < -0.3 is 0 Å². The number of hydrogen-bond donors (Lipinski definition) is 1. The Hall–Kier alpha value is -2.92. The van der Waals surface area contributed by atoms with Crippen LogP contribution in [0.5, 0.6) is 0 Å². The molecule has 0 aliphatic carbocycles. The summed E-state index contributed by atoms with van der Waals surface area (Å²) < 4.78 is 27.8. The third-order valence-corrected chi connectivity index (χ3v) is 6.26. The molecule has 0 atom stereocenters. The first-order valence-electron chi connectivity index (χ1n) is 9.85. The standard InChI is InChI=1S/C25H27NO3S/c1-18-8-5-6-9-21(18)17-30(28,29)26-23-11-7-10-20(16-23)24(27)19-12-14-22(15-13-19)25(2,3)4/h5-16,26H,17H2,1-4H3. The summed E-state index contributed by atoms with van der Waals surface area (Å²) in [5, 5.41) is 0. The second kappa shape index (κ2) is 8.44. The minimum atomic E-state index is -3.60. The molecule has 30 heavy (non-hydrogen) atoms. The van der Waals surface area contributed by atoms with Gasteiger partial charge in [-0.05, 0) is 41.2 Å². The molecule has 3 aromatic carbocycles. The Morgan fingerprint density at radius 3 is 2.17 bits per heavy atom. The average Bonchev–Trinajstić information content (AvgIpc) is 2.68. The molecule has 0 saturated carbocycles. The van der Waals surface area contributed by atoms with Crippen LogP contribution in [-0.2, 0) is 21.2 Å². The summed E-state index contributed by atoms with van der Waals surface area (Å²) in [6.45, 7) is 8.25. The molecule has 0 heterocycles. The minimum absolute atomic E-state index is 0.0108. The van der Waals surface area contributed by atoms with Crippen molar-refractivity contribution in [2.24, 2.45) is 0 Å². The first-order chi connectivity index (χ1) is 14.0. The molecular weight excluding hydrogens is 394 g/mol. The number of sulfonamides is 1. The number of anilines is 1. The summed E-state index contributed by atoms with van der Waals surface area (Å²) in [6, 6.07) is 21.5. The molecule has 0 unspecified atom stereocenters. The van der Waals surface area contributed by atoms with Crippen LogP contribution < -0.4 is 4.72 Å². The normalized spacial score (nSPS) is 11.9. The van der Waals surface area contributed by atoms with Crippen molar-refractivity contribution < 1.29 is 13.2 Å². The van der Waals surface area contributed by atoms with E-state index in [4.69, 9.17) is 0 Å². The van der Waals surface area contributed by atoms with E-state index in [0.29, 0.717) is 16.8 Å². The summed E-state index contributed by atoms with van der Waals surface area (Å²) in [5.41, 5.74) is 4.22. The largest absolute Gasteiger partial charge is 0.289 e. The third-order valence-electron chi connectivity index (χ3n) is 5.02.